The van der Waals surface area contributed by atoms with Crippen LogP contribution in [0.2, 0.25) is 0 Å². The topological polar surface area (TPSA) is 162 Å². The van der Waals surface area contributed by atoms with Crippen LogP contribution in [0.3, 0.4) is 0 Å². The molecule has 0 aliphatic rings. The second kappa shape index (κ2) is 14.1. The summed E-state index contributed by atoms with van der Waals surface area (Å²) in [7, 11) is 0. The molecule has 0 fully saturated rings. The molecule has 0 radical (unpaired) electrons. The van der Waals surface area contributed by atoms with Crippen LogP contribution >= 0.6 is 0 Å². The van der Waals surface area contributed by atoms with E-state index in [9.17, 15) is 19.8 Å². The number of carbonyl (C=O) groups excluding carboxylic acids is 2. The van der Waals surface area contributed by atoms with E-state index in [2.05, 4.69) is 11.1 Å². The first-order chi connectivity index (χ1) is 23.2. The number of primary amides is 2. The van der Waals surface area contributed by atoms with E-state index in [1.165, 1.54) is 0 Å². The molecule has 0 aliphatic carbocycles. The molecule has 6 rings (SSSR count). The van der Waals surface area contributed by atoms with Gasteiger partial charge in [0.15, 0.2) is 0 Å². The van der Waals surface area contributed by atoms with Crippen molar-refractivity contribution in [2.45, 2.75) is 38.8 Å². The molecular formula is C38H36N6O4. The number of phenols is 2. The van der Waals surface area contributed by atoms with Crippen molar-refractivity contribution < 1.29 is 19.8 Å². The molecule has 0 unspecified atom stereocenters. The number of hydrogen-bond acceptors (Lipinski definition) is 6. The minimum absolute atomic E-state index is 0.0307. The molecule has 2 aromatic heterocycles. The van der Waals surface area contributed by atoms with Gasteiger partial charge in [-0.05, 0) is 64.6 Å². The van der Waals surface area contributed by atoms with E-state index >= 15 is 0 Å². The van der Waals surface area contributed by atoms with Gasteiger partial charge in [-0.1, -0.05) is 66.7 Å². The Balaban J connectivity index is 1.27. The number of nitrogens with zero attached hydrogens (tertiary/aromatic N) is 4. The van der Waals surface area contributed by atoms with E-state index in [0.717, 1.165) is 44.8 Å². The maximum absolute atomic E-state index is 12.0. The van der Waals surface area contributed by atoms with Gasteiger partial charge in [0.25, 0.3) is 0 Å². The van der Waals surface area contributed by atoms with Gasteiger partial charge in [0.2, 0.25) is 11.8 Å². The normalized spacial score (nSPS) is 11.1. The van der Waals surface area contributed by atoms with E-state index in [1.807, 2.05) is 69.8 Å². The average molecular weight is 641 g/mol. The second-order valence-electron chi connectivity index (χ2n) is 11.8. The highest BCUT2D eigenvalue weighted by Gasteiger charge is 2.17. The molecule has 10 nitrogen and oxygen atoms in total. The second-order valence-corrected chi connectivity index (χ2v) is 11.8. The molecule has 242 valence electrons. The summed E-state index contributed by atoms with van der Waals surface area (Å²) in [5, 5.41) is 20.7. The van der Waals surface area contributed by atoms with Crippen LogP contribution in [-0.2, 0) is 41.9 Å². The van der Waals surface area contributed by atoms with Crippen LogP contribution in [0.25, 0.3) is 22.4 Å². The van der Waals surface area contributed by atoms with Crippen molar-refractivity contribution in [1.82, 2.24) is 19.1 Å². The minimum Gasteiger partial charge on any atom is -0.508 e. The van der Waals surface area contributed by atoms with Crippen molar-refractivity contribution in [2.75, 3.05) is 0 Å². The Hall–Kier alpha value is -6.16. The molecular weight excluding hydrogens is 604 g/mol. The third-order valence-corrected chi connectivity index (χ3v) is 8.20. The predicted molar refractivity (Wildman–Crippen MR) is 183 cm³/mol. The Kier molecular flexibility index (Phi) is 9.33. The van der Waals surface area contributed by atoms with Crippen molar-refractivity contribution in [1.29, 1.82) is 0 Å². The molecule has 48 heavy (non-hydrogen) atoms. The van der Waals surface area contributed by atoms with Crippen molar-refractivity contribution in [3.63, 3.8) is 0 Å². The number of aromatic nitrogens is 4. The lowest BCUT2D eigenvalue weighted by Gasteiger charge is -2.13. The predicted octanol–water partition coefficient (Wildman–Crippen LogP) is 4.96. The number of phenolic OH excluding ortho intramolecular Hbond substituents is 2. The molecule has 0 saturated carbocycles. The SMILES string of the molecule is NC(=O)CCc1c(Cc2cccc(-c3cc(O)cc(Cn4cnc(-c5ccccc5)c4CC(N)=O)c3)c2)ncn1Cc1cccc(O)c1. The summed E-state index contributed by atoms with van der Waals surface area (Å²) in [6.45, 7) is 0.871. The largest absolute Gasteiger partial charge is 0.508 e. The minimum atomic E-state index is -0.454. The van der Waals surface area contributed by atoms with Crippen molar-refractivity contribution in [3.8, 4) is 33.9 Å². The fraction of sp³-hybridized carbons (Fsp3) is 0.158. The van der Waals surface area contributed by atoms with Gasteiger partial charge in [0.05, 0.1) is 36.2 Å². The third kappa shape index (κ3) is 7.61. The fourth-order valence-electron chi connectivity index (χ4n) is 6.03. The summed E-state index contributed by atoms with van der Waals surface area (Å²) in [5.41, 5.74) is 19.6. The summed E-state index contributed by atoms with van der Waals surface area (Å²) in [5.74, 6) is -0.538. The quantitative estimate of drug-likeness (QED) is 0.140. The van der Waals surface area contributed by atoms with E-state index in [0.29, 0.717) is 37.3 Å². The van der Waals surface area contributed by atoms with E-state index < -0.39 is 5.91 Å². The molecule has 4 aromatic carbocycles. The van der Waals surface area contributed by atoms with Gasteiger partial charge in [-0.3, -0.25) is 9.59 Å². The van der Waals surface area contributed by atoms with Crippen LogP contribution < -0.4 is 11.5 Å². The van der Waals surface area contributed by atoms with E-state index in [1.54, 1.807) is 43.0 Å². The maximum Gasteiger partial charge on any atom is 0.223 e. The molecule has 2 heterocycles. The molecule has 0 bridgehead atoms. The smallest absolute Gasteiger partial charge is 0.223 e. The number of nitrogens with two attached hydrogens (primary N) is 2. The number of aromatic hydroxyl groups is 2. The highest BCUT2D eigenvalue weighted by Crippen LogP contribution is 2.29. The lowest BCUT2D eigenvalue weighted by Crippen LogP contribution is -2.17. The summed E-state index contributed by atoms with van der Waals surface area (Å²) < 4.78 is 3.88. The Labute approximate surface area is 278 Å². The summed E-state index contributed by atoms with van der Waals surface area (Å²) in [6.07, 6.45) is 4.64. The maximum atomic E-state index is 12.0. The number of carbonyl (C=O) groups is 2. The summed E-state index contributed by atoms with van der Waals surface area (Å²) in [4.78, 5) is 33.0. The van der Waals surface area contributed by atoms with Gasteiger partial charge >= 0.3 is 0 Å². The summed E-state index contributed by atoms with van der Waals surface area (Å²) >= 11 is 0. The zero-order valence-electron chi connectivity index (χ0n) is 26.3. The lowest BCUT2D eigenvalue weighted by atomic mass is 9.98. The van der Waals surface area contributed by atoms with Gasteiger partial charge in [0.1, 0.15) is 11.5 Å². The van der Waals surface area contributed by atoms with E-state index in [4.69, 9.17) is 16.5 Å². The lowest BCUT2D eigenvalue weighted by molar-refractivity contribution is -0.118. The average Bonchev–Trinajstić information content (AvgIpc) is 3.62. The number of imidazole rings is 2. The van der Waals surface area contributed by atoms with Gasteiger partial charge in [-0.25, -0.2) is 9.97 Å². The molecule has 0 aliphatic heterocycles. The molecule has 0 atom stereocenters. The number of benzene rings is 4. The van der Waals surface area contributed by atoms with Crippen LogP contribution in [0.15, 0.2) is 110 Å². The first kappa shape index (κ1) is 31.8. The Morgan fingerprint density at radius 1 is 0.625 bits per heavy atom. The van der Waals surface area contributed by atoms with Crippen LogP contribution in [0, 0.1) is 0 Å². The van der Waals surface area contributed by atoms with Crippen molar-refractivity contribution >= 4 is 11.8 Å². The molecule has 6 aromatic rings. The first-order valence-electron chi connectivity index (χ1n) is 15.6. The number of amides is 2. The molecule has 2 amide bonds. The molecule has 10 heteroatoms. The van der Waals surface area contributed by atoms with Crippen molar-refractivity contribution in [3.05, 3.63) is 143 Å². The van der Waals surface area contributed by atoms with Gasteiger partial charge in [-0.15, -0.1) is 0 Å². The van der Waals surface area contributed by atoms with Crippen LogP contribution in [0.4, 0.5) is 0 Å². The first-order valence-corrected chi connectivity index (χ1v) is 15.6. The zero-order chi connectivity index (χ0) is 33.6. The monoisotopic (exact) mass is 640 g/mol. The Morgan fingerprint density at radius 2 is 1.29 bits per heavy atom. The highest BCUT2D eigenvalue weighted by atomic mass is 16.3. The van der Waals surface area contributed by atoms with Gasteiger partial charge in [0, 0.05) is 37.2 Å². The summed E-state index contributed by atoms with van der Waals surface area (Å²) in [6, 6.07) is 30.2. The van der Waals surface area contributed by atoms with Crippen LogP contribution in [-0.4, -0.2) is 41.1 Å². The number of hydrogen-bond donors (Lipinski definition) is 4. The van der Waals surface area contributed by atoms with Gasteiger partial charge in [-0.2, -0.15) is 0 Å². The molecule has 0 saturated heterocycles. The standard InChI is InChI=1S/C38H36N6O4/c39-36(47)13-12-34-33(41-23-43(34)21-26-7-5-11-31(45)16-26)18-25-6-4-10-29(14-25)30-15-27(17-32(46)19-30)22-44-24-42-38(35(44)20-37(40)48)28-8-2-1-3-9-28/h1-11,14-17,19,23-24,45-46H,12-13,18,20-22H2,(H2,39,47)(H2,40,48). The van der Waals surface area contributed by atoms with E-state index in [-0.39, 0.29) is 30.2 Å². The third-order valence-electron chi connectivity index (χ3n) is 8.20. The van der Waals surface area contributed by atoms with Gasteiger partial charge < -0.3 is 30.8 Å². The molecule has 6 N–H and O–H groups in total. The fourth-order valence-corrected chi connectivity index (χ4v) is 6.03. The highest BCUT2D eigenvalue weighted by molar-refractivity contribution is 5.79. The zero-order valence-corrected chi connectivity index (χ0v) is 26.3. The van der Waals surface area contributed by atoms with Crippen molar-refractivity contribution in [2.24, 2.45) is 11.5 Å². The molecule has 0 spiro atoms. The Bertz CT molecular complexity index is 2080. The number of rotatable bonds is 13. The Morgan fingerprint density at radius 3 is 2.06 bits per heavy atom. The van der Waals surface area contributed by atoms with Crippen LogP contribution in [0.1, 0.15) is 40.2 Å². The van der Waals surface area contributed by atoms with Crippen LogP contribution in [0.5, 0.6) is 11.5 Å².